The van der Waals surface area contributed by atoms with Crippen LogP contribution < -0.4 is 25.3 Å². The van der Waals surface area contributed by atoms with Gasteiger partial charge in [0.2, 0.25) is 17.7 Å². The molecule has 6 aliphatic rings. The molecule has 14 heteroatoms. The van der Waals surface area contributed by atoms with Crippen molar-refractivity contribution >= 4 is 52.4 Å². The van der Waals surface area contributed by atoms with Crippen molar-refractivity contribution in [3.63, 3.8) is 0 Å². The van der Waals surface area contributed by atoms with E-state index in [0.29, 0.717) is 33.8 Å². The molecular formula is C46H53N9O5. The second-order valence-corrected chi connectivity index (χ2v) is 18.3. The van der Waals surface area contributed by atoms with Gasteiger partial charge in [0, 0.05) is 76.7 Å². The maximum atomic E-state index is 13.4. The number of likely N-dealkylation sites (tertiary alicyclic amines) is 1. The predicted octanol–water partition coefficient (Wildman–Crippen LogP) is 4.73. The number of nitrogens with zero attached hydrogens (tertiary/aromatic N) is 7. The van der Waals surface area contributed by atoms with Gasteiger partial charge in [-0.05, 0) is 117 Å². The fraction of sp³-hybridized carbons (Fsp3) is 0.500. The first-order valence-electron chi connectivity index (χ1n) is 21.5. The average molecular weight is 812 g/mol. The first-order valence-corrected chi connectivity index (χ1v) is 21.5. The molecule has 1 spiro atoms. The van der Waals surface area contributed by atoms with Crippen molar-refractivity contribution < 1.29 is 24.0 Å². The van der Waals surface area contributed by atoms with Gasteiger partial charge in [-0.15, -0.1) is 0 Å². The summed E-state index contributed by atoms with van der Waals surface area (Å²) in [4.78, 5) is 79.3. The van der Waals surface area contributed by atoms with Gasteiger partial charge in [0.05, 0.1) is 40.1 Å². The van der Waals surface area contributed by atoms with Crippen LogP contribution in [0.4, 0.5) is 22.9 Å². The summed E-state index contributed by atoms with van der Waals surface area (Å²) in [6.45, 7) is 12.7. The number of carbonyl (C=O) groups excluding carboxylic acids is 5. The number of fused-ring (bicyclic) bond motifs is 1. The van der Waals surface area contributed by atoms with E-state index in [2.05, 4.69) is 53.4 Å². The lowest BCUT2D eigenvalue weighted by Crippen LogP contribution is -2.61. The van der Waals surface area contributed by atoms with Gasteiger partial charge in [0.25, 0.3) is 11.8 Å². The van der Waals surface area contributed by atoms with Crippen LogP contribution in [0.3, 0.4) is 0 Å². The number of benzene rings is 2. The summed E-state index contributed by atoms with van der Waals surface area (Å²) >= 11 is 0. The molecule has 0 saturated carbocycles. The Morgan fingerprint density at radius 3 is 2.10 bits per heavy atom. The third-order valence-electron chi connectivity index (χ3n) is 14.3. The zero-order valence-corrected chi connectivity index (χ0v) is 34.5. The zero-order valence-electron chi connectivity index (χ0n) is 34.5. The van der Waals surface area contributed by atoms with E-state index in [1.165, 1.54) is 0 Å². The quantitative estimate of drug-likeness (QED) is 0.303. The summed E-state index contributed by atoms with van der Waals surface area (Å²) in [5, 5.41) is 14.6. The summed E-state index contributed by atoms with van der Waals surface area (Å²) in [6.07, 6.45) is 8.03. The molecule has 5 fully saturated rings. The summed E-state index contributed by atoms with van der Waals surface area (Å²) in [6, 6.07) is 16.6. The van der Waals surface area contributed by atoms with Gasteiger partial charge < -0.3 is 24.9 Å². The summed E-state index contributed by atoms with van der Waals surface area (Å²) < 4.78 is 0. The monoisotopic (exact) mass is 811 g/mol. The fourth-order valence-corrected chi connectivity index (χ4v) is 10.4. The summed E-state index contributed by atoms with van der Waals surface area (Å²) in [5.41, 5.74) is 5.26. The highest BCUT2D eigenvalue weighted by Crippen LogP contribution is 2.43. The van der Waals surface area contributed by atoms with Gasteiger partial charge >= 0.3 is 0 Å². The molecule has 9 rings (SSSR count). The molecule has 5 amide bonds. The van der Waals surface area contributed by atoms with Gasteiger partial charge in [0.15, 0.2) is 0 Å². The minimum absolute atomic E-state index is 0.00894. The number of nitrogens with one attached hydrogen (secondary N) is 2. The second-order valence-electron chi connectivity index (χ2n) is 18.3. The second kappa shape index (κ2) is 15.7. The molecule has 1 aromatic heterocycles. The van der Waals surface area contributed by atoms with Crippen LogP contribution in [0, 0.1) is 35.0 Å². The Labute approximate surface area is 350 Å². The van der Waals surface area contributed by atoms with Crippen LogP contribution >= 0.6 is 0 Å². The minimum atomic E-state index is -0.961. The molecule has 312 valence electrons. The van der Waals surface area contributed by atoms with Gasteiger partial charge in [-0.3, -0.25) is 34.2 Å². The lowest BCUT2D eigenvalue weighted by molar-refractivity contribution is -0.136. The molecule has 3 aromatic rings. The van der Waals surface area contributed by atoms with Crippen LogP contribution in [0.1, 0.15) is 90.1 Å². The Kier molecular flexibility index (Phi) is 10.3. The number of rotatable bonds is 8. The number of amides is 5. The Morgan fingerprint density at radius 1 is 0.817 bits per heavy atom. The normalized spacial score (nSPS) is 23.0. The number of anilines is 4. The van der Waals surface area contributed by atoms with Crippen molar-refractivity contribution in [2.24, 2.45) is 16.7 Å². The molecule has 6 aliphatic heterocycles. The van der Waals surface area contributed by atoms with E-state index in [1.807, 2.05) is 44.3 Å². The van der Waals surface area contributed by atoms with E-state index in [0.717, 1.165) is 125 Å². The van der Waals surface area contributed by atoms with Crippen molar-refractivity contribution in [2.75, 3.05) is 78.9 Å². The molecule has 1 unspecified atom stereocenters. The topological polar surface area (TPSA) is 162 Å². The van der Waals surface area contributed by atoms with Crippen LogP contribution in [0.25, 0.3) is 0 Å². The van der Waals surface area contributed by atoms with Crippen LogP contribution in [0.15, 0.2) is 54.7 Å². The Balaban J connectivity index is 0.698. The SMILES string of the molecule is Cc1cc(N2CCC(C)(C(=O)Nc3ccc(N4CCC(CN5CC6(CCN(c7ccc8c(c7)C(=O)N(C7CCC(=O)NC7=O)C8=O)CC6)C5)CC4)cn3)CC2)ccc1C#N. The van der Waals surface area contributed by atoms with Crippen LogP contribution in [-0.2, 0) is 14.4 Å². The molecule has 7 heterocycles. The Bertz CT molecular complexity index is 2260. The number of aromatic nitrogens is 1. The first-order chi connectivity index (χ1) is 28.9. The van der Waals surface area contributed by atoms with E-state index in [9.17, 15) is 29.2 Å². The van der Waals surface area contributed by atoms with Crippen molar-refractivity contribution in [2.45, 2.75) is 71.3 Å². The maximum Gasteiger partial charge on any atom is 0.262 e. The zero-order chi connectivity index (χ0) is 41.8. The standard InChI is InChI=1S/C46H53N9O5/c1-30-23-33(4-3-32(30)25-47)53-19-13-45(2,14-20-53)44(60)49-39-9-6-35(26-48-39)52-17-11-31(12-18-52)27-51-28-46(29-51)15-21-54(22-16-46)34-5-7-36-37(24-34)43(59)55(42(36)58)38-8-10-40(56)50-41(38)57/h3-7,9,23-24,26,31,38H,8,10-22,27-29H2,1-2H3,(H,48,49,60)(H,50,56,57). The molecule has 5 saturated heterocycles. The molecule has 0 radical (unpaired) electrons. The highest BCUT2D eigenvalue weighted by atomic mass is 16.2. The number of hydrogen-bond donors (Lipinski definition) is 2. The third-order valence-corrected chi connectivity index (χ3v) is 14.3. The van der Waals surface area contributed by atoms with Gasteiger partial charge in [0.1, 0.15) is 11.9 Å². The first kappa shape index (κ1) is 39.6. The van der Waals surface area contributed by atoms with Crippen molar-refractivity contribution in [3.8, 4) is 6.07 Å². The van der Waals surface area contributed by atoms with Crippen LogP contribution in [0.5, 0.6) is 0 Å². The van der Waals surface area contributed by atoms with Crippen molar-refractivity contribution in [3.05, 3.63) is 77.0 Å². The highest BCUT2D eigenvalue weighted by Gasteiger charge is 2.47. The number of piperidine rings is 4. The number of nitriles is 1. The van der Waals surface area contributed by atoms with Gasteiger partial charge in [-0.25, -0.2) is 4.98 Å². The van der Waals surface area contributed by atoms with Crippen molar-refractivity contribution in [1.82, 2.24) is 20.1 Å². The van der Waals surface area contributed by atoms with Gasteiger partial charge in [-0.2, -0.15) is 5.26 Å². The van der Waals surface area contributed by atoms with E-state index < -0.39 is 29.2 Å². The molecular weight excluding hydrogens is 759 g/mol. The minimum Gasteiger partial charge on any atom is -0.371 e. The Morgan fingerprint density at radius 2 is 1.45 bits per heavy atom. The molecule has 14 nitrogen and oxygen atoms in total. The van der Waals surface area contributed by atoms with Crippen molar-refractivity contribution in [1.29, 1.82) is 5.26 Å². The molecule has 0 aliphatic carbocycles. The summed E-state index contributed by atoms with van der Waals surface area (Å²) in [5.74, 6) is -0.672. The number of carbonyl (C=O) groups is 5. The van der Waals surface area contributed by atoms with Crippen LogP contribution in [0.2, 0.25) is 0 Å². The molecule has 0 bridgehead atoms. The number of imide groups is 2. The van der Waals surface area contributed by atoms with Gasteiger partial charge in [-0.1, -0.05) is 6.92 Å². The maximum absolute atomic E-state index is 13.4. The van der Waals surface area contributed by atoms with E-state index in [4.69, 9.17) is 0 Å². The lowest BCUT2D eigenvalue weighted by atomic mass is 9.71. The largest absolute Gasteiger partial charge is 0.371 e. The fourth-order valence-electron chi connectivity index (χ4n) is 10.4. The van der Waals surface area contributed by atoms with E-state index in [1.54, 1.807) is 12.1 Å². The predicted molar refractivity (Wildman–Crippen MR) is 227 cm³/mol. The summed E-state index contributed by atoms with van der Waals surface area (Å²) in [7, 11) is 0. The number of hydrogen-bond acceptors (Lipinski definition) is 11. The third kappa shape index (κ3) is 7.48. The molecule has 1 atom stereocenters. The average Bonchev–Trinajstić information content (AvgIpc) is 3.49. The molecule has 60 heavy (non-hydrogen) atoms. The Hall–Kier alpha value is -5.81. The number of pyridine rings is 1. The molecule has 2 N–H and O–H groups in total. The molecule has 2 aromatic carbocycles. The highest BCUT2D eigenvalue weighted by molar-refractivity contribution is 6.23. The smallest absolute Gasteiger partial charge is 0.262 e. The number of aryl methyl sites for hydroxylation is 1. The van der Waals surface area contributed by atoms with E-state index >= 15 is 0 Å². The van der Waals surface area contributed by atoms with E-state index in [-0.39, 0.29) is 24.7 Å². The lowest BCUT2D eigenvalue weighted by Gasteiger charge is -2.55. The van der Waals surface area contributed by atoms with Crippen LogP contribution in [-0.4, -0.2) is 109 Å².